The van der Waals surface area contributed by atoms with Crippen molar-refractivity contribution in [1.29, 1.82) is 0 Å². The molecule has 17 heavy (non-hydrogen) atoms. The minimum absolute atomic E-state index is 0. The molecule has 0 bridgehead atoms. The van der Waals surface area contributed by atoms with Gasteiger partial charge in [0.05, 0.1) is 0 Å². The molecule has 94 valence electrons. The second-order valence-corrected chi connectivity index (χ2v) is 4.07. The van der Waals surface area contributed by atoms with E-state index in [9.17, 15) is 4.79 Å². The molecule has 0 fully saturated rings. The lowest BCUT2D eigenvalue weighted by molar-refractivity contribution is -0.114. The number of rotatable bonds is 4. The third-order valence-corrected chi connectivity index (χ3v) is 2.23. The van der Waals surface area contributed by atoms with Gasteiger partial charge in [-0.3, -0.25) is 4.79 Å². The van der Waals surface area contributed by atoms with Gasteiger partial charge in [-0.05, 0) is 31.0 Å². The van der Waals surface area contributed by atoms with E-state index in [0.717, 1.165) is 23.2 Å². The molecule has 0 saturated carbocycles. The maximum Gasteiger partial charge on any atom is 0.221 e. The quantitative estimate of drug-likeness (QED) is 0.812. The summed E-state index contributed by atoms with van der Waals surface area (Å²) in [6.45, 7) is 7.29. The van der Waals surface area contributed by atoms with Gasteiger partial charge in [0.2, 0.25) is 5.91 Å². The van der Waals surface area contributed by atoms with Gasteiger partial charge < -0.3 is 11.1 Å². The lowest BCUT2D eigenvalue weighted by Gasteiger charge is -2.12. The van der Waals surface area contributed by atoms with E-state index in [4.69, 9.17) is 5.73 Å². The minimum atomic E-state index is -0.0704. The second kappa shape index (κ2) is 7.09. The molecule has 0 saturated heterocycles. The van der Waals surface area contributed by atoms with Crippen LogP contribution in [0.2, 0.25) is 0 Å². The number of halogens is 1. The maximum atomic E-state index is 10.8. The van der Waals surface area contributed by atoms with Crippen LogP contribution in [0.1, 0.15) is 31.9 Å². The van der Waals surface area contributed by atoms with Gasteiger partial charge >= 0.3 is 0 Å². The molecular weight excluding hydrogens is 236 g/mol. The standard InChI is InChI=1S/C13H18N2O.ClH/c1-9(2)8-13(14)11-4-6-12(7-5-11)15-10(3)16;/h4-7,13H,1,8,14H2,2-3H3,(H,15,16);1H/t13-;/m1./s1. The van der Waals surface area contributed by atoms with Crippen molar-refractivity contribution in [2.45, 2.75) is 26.3 Å². The summed E-state index contributed by atoms with van der Waals surface area (Å²) in [4.78, 5) is 10.8. The second-order valence-electron chi connectivity index (χ2n) is 4.07. The lowest BCUT2D eigenvalue weighted by atomic mass is 10.0. The predicted octanol–water partition coefficient (Wildman–Crippen LogP) is 3.03. The summed E-state index contributed by atoms with van der Waals surface area (Å²) in [6, 6.07) is 7.55. The molecule has 0 aromatic heterocycles. The van der Waals surface area contributed by atoms with Gasteiger partial charge in [0.15, 0.2) is 0 Å². The number of carbonyl (C=O) groups excluding carboxylic acids is 1. The van der Waals surface area contributed by atoms with Gasteiger partial charge in [0.25, 0.3) is 0 Å². The van der Waals surface area contributed by atoms with Crippen molar-refractivity contribution >= 4 is 24.0 Å². The molecule has 0 aliphatic carbocycles. The maximum absolute atomic E-state index is 10.8. The predicted molar refractivity (Wildman–Crippen MR) is 74.4 cm³/mol. The smallest absolute Gasteiger partial charge is 0.221 e. The molecule has 1 aromatic rings. The van der Waals surface area contributed by atoms with E-state index < -0.39 is 0 Å². The monoisotopic (exact) mass is 254 g/mol. The summed E-state index contributed by atoms with van der Waals surface area (Å²) >= 11 is 0. The molecular formula is C13H19ClN2O. The zero-order valence-corrected chi connectivity index (χ0v) is 11.0. The van der Waals surface area contributed by atoms with E-state index in [1.165, 1.54) is 6.92 Å². The molecule has 1 amide bonds. The lowest BCUT2D eigenvalue weighted by Crippen LogP contribution is -2.11. The van der Waals surface area contributed by atoms with Gasteiger partial charge in [0.1, 0.15) is 0 Å². The highest BCUT2D eigenvalue weighted by molar-refractivity contribution is 5.88. The fourth-order valence-electron chi connectivity index (χ4n) is 1.51. The van der Waals surface area contributed by atoms with Crippen molar-refractivity contribution in [3.05, 3.63) is 42.0 Å². The number of nitrogens with two attached hydrogens (primary N) is 1. The molecule has 0 spiro atoms. The van der Waals surface area contributed by atoms with Crippen LogP contribution in [0.3, 0.4) is 0 Å². The summed E-state index contributed by atoms with van der Waals surface area (Å²) in [6.07, 6.45) is 0.777. The number of hydrogen-bond donors (Lipinski definition) is 2. The third-order valence-electron chi connectivity index (χ3n) is 2.23. The van der Waals surface area contributed by atoms with Crippen molar-refractivity contribution in [1.82, 2.24) is 0 Å². The normalized spacial score (nSPS) is 11.2. The summed E-state index contributed by atoms with van der Waals surface area (Å²) in [7, 11) is 0. The largest absolute Gasteiger partial charge is 0.326 e. The Morgan fingerprint density at radius 2 is 1.88 bits per heavy atom. The van der Waals surface area contributed by atoms with Crippen molar-refractivity contribution in [3.63, 3.8) is 0 Å². The molecule has 1 rings (SSSR count). The number of nitrogens with one attached hydrogen (secondary N) is 1. The van der Waals surface area contributed by atoms with Crippen LogP contribution in [0.15, 0.2) is 36.4 Å². The van der Waals surface area contributed by atoms with Gasteiger partial charge in [-0.25, -0.2) is 0 Å². The van der Waals surface area contributed by atoms with Gasteiger partial charge in [0, 0.05) is 18.7 Å². The van der Waals surface area contributed by atoms with E-state index in [2.05, 4.69) is 11.9 Å². The summed E-state index contributed by atoms with van der Waals surface area (Å²) in [5.74, 6) is -0.0704. The molecule has 0 radical (unpaired) electrons. The Labute approximate surface area is 109 Å². The van der Waals surface area contributed by atoms with Crippen molar-refractivity contribution in [2.75, 3.05) is 5.32 Å². The molecule has 4 heteroatoms. The van der Waals surface area contributed by atoms with Crippen LogP contribution in [0, 0.1) is 0 Å². The van der Waals surface area contributed by atoms with Crippen LogP contribution in [0.4, 0.5) is 5.69 Å². The van der Waals surface area contributed by atoms with Gasteiger partial charge in [-0.2, -0.15) is 0 Å². The Bertz CT molecular complexity index is 387. The van der Waals surface area contributed by atoms with Crippen LogP contribution >= 0.6 is 12.4 Å². The van der Waals surface area contributed by atoms with Crippen LogP contribution in [-0.4, -0.2) is 5.91 Å². The van der Waals surface area contributed by atoms with Gasteiger partial charge in [-0.1, -0.05) is 17.7 Å². The van der Waals surface area contributed by atoms with E-state index >= 15 is 0 Å². The van der Waals surface area contributed by atoms with Crippen LogP contribution in [0.25, 0.3) is 0 Å². The fraction of sp³-hybridized carbons (Fsp3) is 0.308. The Balaban J connectivity index is 0.00000256. The topological polar surface area (TPSA) is 55.1 Å². The Morgan fingerprint density at radius 1 is 1.35 bits per heavy atom. The molecule has 3 N–H and O–H groups in total. The zero-order chi connectivity index (χ0) is 12.1. The summed E-state index contributed by atoms with van der Waals surface area (Å²) < 4.78 is 0. The highest BCUT2D eigenvalue weighted by Crippen LogP contribution is 2.19. The first-order valence-electron chi connectivity index (χ1n) is 5.26. The van der Waals surface area contributed by atoms with Crippen molar-refractivity contribution in [3.8, 4) is 0 Å². The Morgan fingerprint density at radius 3 is 2.29 bits per heavy atom. The van der Waals surface area contributed by atoms with E-state index in [1.54, 1.807) is 0 Å². The van der Waals surface area contributed by atoms with Crippen LogP contribution in [0.5, 0.6) is 0 Å². The molecule has 0 unspecified atom stereocenters. The summed E-state index contributed by atoms with van der Waals surface area (Å²) in [5.41, 5.74) is 8.91. The van der Waals surface area contributed by atoms with E-state index in [-0.39, 0.29) is 24.4 Å². The fourth-order valence-corrected chi connectivity index (χ4v) is 1.51. The first-order chi connectivity index (χ1) is 7.49. The average molecular weight is 255 g/mol. The van der Waals surface area contributed by atoms with E-state index in [1.807, 2.05) is 31.2 Å². The first kappa shape index (κ1) is 15.7. The average Bonchev–Trinajstić information content (AvgIpc) is 2.16. The zero-order valence-electron chi connectivity index (χ0n) is 10.2. The van der Waals surface area contributed by atoms with Crippen molar-refractivity contribution < 1.29 is 4.79 Å². The number of benzene rings is 1. The SMILES string of the molecule is C=C(C)C[C@@H](N)c1ccc(NC(C)=O)cc1.Cl. The third kappa shape index (κ3) is 5.52. The number of amides is 1. The molecule has 0 aliphatic heterocycles. The number of carbonyl (C=O) groups is 1. The number of hydrogen-bond acceptors (Lipinski definition) is 2. The van der Waals surface area contributed by atoms with Crippen LogP contribution < -0.4 is 11.1 Å². The Hall–Kier alpha value is -1.32. The molecule has 1 atom stereocenters. The number of anilines is 1. The highest BCUT2D eigenvalue weighted by Gasteiger charge is 2.05. The highest BCUT2D eigenvalue weighted by atomic mass is 35.5. The van der Waals surface area contributed by atoms with E-state index in [0.29, 0.717) is 0 Å². The van der Waals surface area contributed by atoms with Gasteiger partial charge in [-0.15, -0.1) is 19.0 Å². The first-order valence-corrected chi connectivity index (χ1v) is 5.26. The molecule has 1 aromatic carbocycles. The molecule has 3 nitrogen and oxygen atoms in total. The summed E-state index contributed by atoms with van der Waals surface area (Å²) in [5, 5.41) is 2.71. The van der Waals surface area contributed by atoms with Crippen LogP contribution in [-0.2, 0) is 4.79 Å². The Kier molecular flexibility index (Phi) is 6.54. The van der Waals surface area contributed by atoms with Crippen molar-refractivity contribution in [2.24, 2.45) is 5.73 Å². The minimum Gasteiger partial charge on any atom is -0.326 e. The molecule has 0 aliphatic rings. The molecule has 0 heterocycles.